The van der Waals surface area contributed by atoms with E-state index in [1.807, 2.05) is 0 Å². The van der Waals surface area contributed by atoms with Crippen LogP contribution in [0, 0.1) is 23.5 Å². The Morgan fingerprint density at radius 1 is 1.10 bits per heavy atom. The minimum Gasteiger partial charge on any atom is -0.313 e. The monoisotopic (exact) mass is 307 g/mol. The molecule has 21 heavy (non-hydrogen) atoms. The zero-order valence-electron chi connectivity index (χ0n) is 11.7. The van der Waals surface area contributed by atoms with Crippen LogP contribution in [0.3, 0.4) is 0 Å². The molecule has 1 aliphatic carbocycles. The highest BCUT2D eigenvalue weighted by molar-refractivity contribution is 5.23. The molecule has 1 atom stereocenters. The van der Waals surface area contributed by atoms with Crippen LogP contribution in [0.4, 0.5) is 22.0 Å². The molecule has 1 N–H and O–H groups in total. The Balaban J connectivity index is 2.12. The maximum Gasteiger partial charge on any atom is 0.391 e. The Labute approximate surface area is 120 Å². The molecular formula is C15H18F5N. The Morgan fingerprint density at radius 2 is 1.71 bits per heavy atom. The lowest BCUT2D eigenvalue weighted by atomic mass is 9.76. The number of alkyl halides is 3. The Kier molecular flexibility index (Phi) is 4.86. The maximum absolute atomic E-state index is 13.9. The quantitative estimate of drug-likeness (QED) is 0.805. The zero-order chi connectivity index (χ0) is 15.6. The number of hydrogen-bond donors (Lipinski definition) is 1. The molecule has 0 aliphatic heterocycles. The van der Waals surface area contributed by atoms with Crippen LogP contribution >= 0.6 is 0 Å². The molecule has 1 fully saturated rings. The van der Waals surface area contributed by atoms with Crippen molar-refractivity contribution in [2.75, 3.05) is 7.05 Å². The third kappa shape index (κ3) is 3.54. The van der Waals surface area contributed by atoms with Gasteiger partial charge in [-0.1, -0.05) is 12.1 Å². The SMILES string of the molecule is CNC(c1cccc(F)c1F)C1CCC(C(F)(F)F)CC1. The van der Waals surface area contributed by atoms with Crippen molar-refractivity contribution in [2.24, 2.45) is 11.8 Å². The number of halogens is 5. The highest BCUT2D eigenvalue weighted by Crippen LogP contribution is 2.43. The van der Waals surface area contributed by atoms with Crippen LogP contribution in [-0.2, 0) is 0 Å². The summed E-state index contributed by atoms with van der Waals surface area (Å²) in [6.45, 7) is 0. The van der Waals surface area contributed by atoms with E-state index in [0.29, 0.717) is 12.8 Å². The minimum atomic E-state index is -4.16. The Bertz CT molecular complexity index is 477. The Morgan fingerprint density at radius 3 is 2.24 bits per heavy atom. The molecule has 1 saturated carbocycles. The van der Waals surface area contributed by atoms with E-state index in [1.165, 1.54) is 12.1 Å². The summed E-state index contributed by atoms with van der Waals surface area (Å²) in [7, 11) is 1.62. The molecular weight excluding hydrogens is 289 g/mol. The van der Waals surface area contributed by atoms with Crippen LogP contribution < -0.4 is 5.32 Å². The molecule has 118 valence electrons. The van der Waals surface area contributed by atoms with Crippen LogP contribution in [0.2, 0.25) is 0 Å². The lowest BCUT2D eigenvalue weighted by Crippen LogP contribution is -2.33. The molecule has 1 nitrogen and oxygen atoms in total. The predicted octanol–water partition coefficient (Wildman–Crippen LogP) is 4.59. The fourth-order valence-electron chi connectivity index (χ4n) is 3.19. The van der Waals surface area contributed by atoms with Crippen molar-refractivity contribution in [1.29, 1.82) is 0 Å². The highest BCUT2D eigenvalue weighted by Gasteiger charge is 2.42. The smallest absolute Gasteiger partial charge is 0.313 e. The first-order valence-electron chi connectivity index (χ1n) is 7.02. The number of rotatable bonds is 3. The van der Waals surface area contributed by atoms with Gasteiger partial charge in [-0.15, -0.1) is 0 Å². The average Bonchev–Trinajstić information content (AvgIpc) is 2.44. The van der Waals surface area contributed by atoms with Gasteiger partial charge in [0, 0.05) is 11.6 Å². The lowest BCUT2D eigenvalue weighted by Gasteiger charge is -2.34. The number of nitrogens with one attached hydrogen (secondary N) is 1. The highest BCUT2D eigenvalue weighted by atomic mass is 19.4. The molecule has 0 amide bonds. The van der Waals surface area contributed by atoms with E-state index < -0.39 is 29.8 Å². The van der Waals surface area contributed by atoms with Crippen LogP contribution in [0.15, 0.2) is 18.2 Å². The predicted molar refractivity (Wildman–Crippen MR) is 69.7 cm³/mol. The molecule has 1 aromatic carbocycles. The van der Waals surface area contributed by atoms with Crippen LogP contribution in [0.1, 0.15) is 37.3 Å². The van der Waals surface area contributed by atoms with Crippen molar-refractivity contribution in [2.45, 2.75) is 37.9 Å². The number of benzene rings is 1. The summed E-state index contributed by atoms with van der Waals surface area (Å²) in [6.07, 6.45) is -3.37. The first kappa shape index (κ1) is 16.2. The Hall–Kier alpha value is -1.17. The van der Waals surface area contributed by atoms with Gasteiger partial charge in [-0.05, 0) is 44.7 Å². The van der Waals surface area contributed by atoms with E-state index in [1.54, 1.807) is 7.05 Å². The van der Waals surface area contributed by atoms with E-state index in [9.17, 15) is 22.0 Å². The number of hydrogen-bond acceptors (Lipinski definition) is 1. The molecule has 6 heteroatoms. The fourth-order valence-corrected chi connectivity index (χ4v) is 3.19. The van der Waals surface area contributed by atoms with Crippen LogP contribution in [0.5, 0.6) is 0 Å². The fraction of sp³-hybridized carbons (Fsp3) is 0.600. The third-order valence-corrected chi connectivity index (χ3v) is 4.33. The summed E-state index contributed by atoms with van der Waals surface area (Å²) in [5.74, 6) is -3.25. The lowest BCUT2D eigenvalue weighted by molar-refractivity contribution is -0.184. The third-order valence-electron chi connectivity index (χ3n) is 4.33. The van der Waals surface area contributed by atoms with Gasteiger partial charge in [-0.2, -0.15) is 13.2 Å². The summed E-state index contributed by atoms with van der Waals surface area (Å²) < 4.78 is 65.2. The van der Waals surface area contributed by atoms with E-state index in [0.717, 1.165) is 6.07 Å². The van der Waals surface area contributed by atoms with Crippen molar-refractivity contribution in [3.05, 3.63) is 35.4 Å². The van der Waals surface area contributed by atoms with Crippen molar-refractivity contribution < 1.29 is 22.0 Å². The van der Waals surface area contributed by atoms with Gasteiger partial charge in [-0.3, -0.25) is 0 Å². The van der Waals surface area contributed by atoms with E-state index in [-0.39, 0.29) is 24.3 Å². The maximum atomic E-state index is 13.9. The summed E-state index contributed by atoms with van der Waals surface area (Å²) in [5, 5.41) is 2.92. The van der Waals surface area contributed by atoms with Crippen molar-refractivity contribution in [3.8, 4) is 0 Å². The van der Waals surface area contributed by atoms with Gasteiger partial charge in [0.15, 0.2) is 11.6 Å². The molecule has 0 saturated heterocycles. The molecule has 0 aromatic heterocycles. The van der Waals surface area contributed by atoms with Gasteiger partial charge in [0.25, 0.3) is 0 Å². The van der Waals surface area contributed by atoms with Crippen LogP contribution in [0.25, 0.3) is 0 Å². The largest absolute Gasteiger partial charge is 0.391 e. The van der Waals surface area contributed by atoms with Crippen molar-refractivity contribution in [3.63, 3.8) is 0 Å². The molecule has 0 bridgehead atoms. The second-order valence-corrected chi connectivity index (χ2v) is 5.56. The summed E-state index contributed by atoms with van der Waals surface area (Å²) >= 11 is 0. The standard InChI is InChI=1S/C15H18F5N/c1-21-14(11-3-2-4-12(16)13(11)17)9-5-7-10(8-6-9)15(18,19)20/h2-4,9-10,14,21H,5-8H2,1H3. The summed E-state index contributed by atoms with van der Waals surface area (Å²) in [6, 6.07) is 3.47. The second kappa shape index (κ2) is 6.30. The van der Waals surface area contributed by atoms with Gasteiger partial charge in [0.05, 0.1) is 5.92 Å². The summed E-state index contributed by atoms with van der Waals surface area (Å²) in [4.78, 5) is 0. The molecule has 1 aliphatic rings. The first-order chi connectivity index (χ1) is 9.84. The van der Waals surface area contributed by atoms with E-state index in [2.05, 4.69) is 5.32 Å². The first-order valence-corrected chi connectivity index (χ1v) is 7.02. The van der Waals surface area contributed by atoms with Crippen LogP contribution in [-0.4, -0.2) is 13.2 Å². The molecule has 1 aromatic rings. The molecule has 1 unspecified atom stereocenters. The minimum absolute atomic E-state index is 0.0449. The molecule has 0 spiro atoms. The van der Waals surface area contributed by atoms with Gasteiger partial charge in [0.1, 0.15) is 0 Å². The zero-order valence-corrected chi connectivity index (χ0v) is 11.7. The normalized spacial score (nSPS) is 24.9. The summed E-state index contributed by atoms with van der Waals surface area (Å²) in [5.41, 5.74) is 0.188. The van der Waals surface area contributed by atoms with E-state index in [4.69, 9.17) is 0 Å². The second-order valence-electron chi connectivity index (χ2n) is 5.56. The van der Waals surface area contributed by atoms with Crippen molar-refractivity contribution in [1.82, 2.24) is 5.32 Å². The average molecular weight is 307 g/mol. The molecule has 0 heterocycles. The topological polar surface area (TPSA) is 12.0 Å². The van der Waals surface area contributed by atoms with Gasteiger partial charge >= 0.3 is 6.18 Å². The van der Waals surface area contributed by atoms with Crippen molar-refractivity contribution >= 4 is 0 Å². The van der Waals surface area contributed by atoms with Gasteiger partial charge in [-0.25, -0.2) is 8.78 Å². The van der Waals surface area contributed by atoms with Gasteiger partial charge in [0.2, 0.25) is 0 Å². The molecule has 0 radical (unpaired) electrons. The van der Waals surface area contributed by atoms with E-state index >= 15 is 0 Å². The molecule has 2 rings (SSSR count). The van der Waals surface area contributed by atoms with Gasteiger partial charge < -0.3 is 5.32 Å².